The van der Waals surface area contributed by atoms with Crippen LogP contribution in [0.15, 0.2) is 18.2 Å². The van der Waals surface area contributed by atoms with Crippen LogP contribution in [0.5, 0.6) is 0 Å². The molecule has 0 atom stereocenters. The number of aryl methyl sites for hydroxylation is 1. The minimum atomic E-state index is 0.132. The summed E-state index contributed by atoms with van der Waals surface area (Å²) in [5.41, 5.74) is 4.13. The maximum atomic E-state index is 11.2. The topological polar surface area (TPSA) is 32.3 Å². The molecule has 98 valence electrons. The average molecular weight is 246 g/mol. The van der Waals surface area contributed by atoms with Gasteiger partial charge in [-0.2, -0.15) is 0 Å². The maximum absolute atomic E-state index is 11.2. The van der Waals surface area contributed by atoms with E-state index < -0.39 is 0 Å². The normalized spacial score (nSPS) is 14.2. The van der Waals surface area contributed by atoms with Gasteiger partial charge >= 0.3 is 0 Å². The van der Waals surface area contributed by atoms with E-state index in [2.05, 4.69) is 35.5 Å². The molecule has 3 nitrogen and oxygen atoms in total. The number of carbonyl (C=O) groups excluding carboxylic acids is 1. The van der Waals surface area contributed by atoms with Crippen LogP contribution in [-0.2, 0) is 17.6 Å². The lowest BCUT2D eigenvalue weighted by molar-refractivity contribution is -0.120. The molecule has 0 unspecified atom stereocenters. The summed E-state index contributed by atoms with van der Waals surface area (Å²) >= 11 is 0. The Morgan fingerprint density at radius 3 is 3.06 bits per heavy atom. The molecule has 0 saturated heterocycles. The summed E-state index contributed by atoms with van der Waals surface area (Å²) in [7, 11) is 2.15. The van der Waals surface area contributed by atoms with E-state index in [0.717, 1.165) is 19.5 Å². The molecule has 1 aliphatic rings. The number of hydrogen-bond donors (Lipinski definition) is 1. The summed E-state index contributed by atoms with van der Waals surface area (Å²) in [5, 5.41) is 2.92. The number of nitrogens with one attached hydrogen (secondary N) is 1. The third kappa shape index (κ3) is 3.03. The summed E-state index contributed by atoms with van der Waals surface area (Å²) in [6, 6.07) is 6.69. The molecule has 0 fully saturated rings. The summed E-state index contributed by atoms with van der Waals surface area (Å²) in [6.45, 7) is 3.77. The Morgan fingerprint density at radius 2 is 2.28 bits per heavy atom. The van der Waals surface area contributed by atoms with Gasteiger partial charge in [0.15, 0.2) is 0 Å². The number of amides is 1. The Hall–Kier alpha value is -1.51. The summed E-state index contributed by atoms with van der Waals surface area (Å²) in [5.74, 6) is 0.132. The molecule has 0 bridgehead atoms. The van der Waals surface area contributed by atoms with Crippen LogP contribution in [0.2, 0.25) is 0 Å². The molecule has 0 spiro atoms. The van der Waals surface area contributed by atoms with Crippen molar-refractivity contribution in [1.82, 2.24) is 5.32 Å². The number of nitrogens with zero attached hydrogens (tertiary/aromatic N) is 1. The minimum Gasteiger partial charge on any atom is -0.374 e. The Balaban J connectivity index is 1.96. The zero-order valence-electron chi connectivity index (χ0n) is 11.3. The highest BCUT2D eigenvalue weighted by atomic mass is 16.1. The summed E-state index contributed by atoms with van der Waals surface area (Å²) in [4.78, 5) is 13.5. The molecule has 3 heteroatoms. The molecular formula is C15H22N2O. The molecule has 18 heavy (non-hydrogen) atoms. The van der Waals surface area contributed by atoms with Gasteiger partial charge in [0, 0.05) is 32.2 Å². The number of hydrogen-bond acceptors (Lipinski definition) is 2. The van der Waals surface area contributed by atoms with Crippen molar-refractivity contribution >= 4 is 11.6 Å². The molecule has 0 radical (unpaired) electrons. The lowest BCUT2D eigenvalue weighted by Gasteiger charge is -2.27. The summed E-state index contributed by atoms with van der Waals surface area (Å²) < 4.78 is 0. The van der Waals surface area contributed by atoms with E-state index >= 15 is 0 Å². The predicted molar refractivity (Wildman–Crippen MR) is 75.0 cm³/mol. The van der Waals surface area contributed by atoms with Crippen molar-refractivity contribution in [3.8, 4) is 0 Å². The Morgan fingerprint density at radius 1 is 1.44 bits per heavy atom. The molecule has 0 aliphatic carbocycles. The van der Waals surface area contributed by atoms with Gasteiger partial charge in [-0.3, -0.25) is 4.79 Å². The molecule has 1 N–H and O–H groups in total. The van der Waals surface area contributed by atoms with Gasteiger partial charge in [-0.1, -0.05) is 19.1 Å². The molecule has 0 saturated carbocycles. The van der Waals surface area contributed by atoms with Crippen molar-refractivity contribution in [3.05, 3.63) is 29.3 Å². The first-order chi connectivity index (χ1) is 8.70. The third-order valence-corrected chi connectivity index (χ3v) is 3.55. The van der Waals surface area contributed by atoms with Crippen LogP contribution in [-0.4, -0.2) is 26.0 Å². The van der Waals surface area contributed by atoms with E-state index in [4.69, 9.17) is 0 Å². The van der Waals surface area contributed by atoms with Crippen molar-refractivity contribution < 1.29 is 4.79 Å². The smallest absolute Gasteiger partial charge is 0.219 e. The fourth-order valence-electron chi connectivity index (χ4n) is 2.47. The van der Waals surface area contributed by atoms with Crippen molar-refractivity contribution in [2.24, 2.45) is 0 Å². The molecule has 1 aromatic rings. The zero-order valence-corrected chi connectivity index (χ0v) is 11.3. The number of rotatable bonds is 4. The van der Waals surface area contributed by atoms with Crippen LogP contribution in [0.25, 0.3) is 0 Å². The number of anilines is 1. The molecule has 1 amide bonds. The Kier molecular flexibility index (Phi) is 4.24. The van der Waals surface area contributed by atoms with Crippen LogP contribution in [0, 0.1) is 0 Å². The van der Waals surface area contributed by atoms with Gasteiger partial charge < -0.3 is 10.2 Å². The first kappa shape index (κ1) is 12.9. The van der Waals surface area contributed by atoms with Crippen LogP contribution >= 0.6 is 0 Å². The molecule has 1 heterocycles. The van der Waals surface area contributed by atoms with Gasteiger partial charge in [-0.25, -0.2) is 0 Å². The second-order valence-electron chi connectivity index (χ2n) is 4.94. The molecule has 0 aromatic heterocycles. The van der Waals surface area contributed by atoms with Crippen LogP contribution in [0.1, 0.15) is 30.9 Å². The van der Waals surface area contributed by atoms with Crippen molar-refractivity contribution in [2.75, 3.05) is 25.0 Å². The van der Waals surface area contributed by atoms with E-state index in [9.17, 15) is 4.79 Å². The highest BCUT2D eigenvalue weighted by Crippen LogP contribution is 2.26. The van der Waals surface area contributed by atoms with E-state index in [1.165, 1.54) is 29.7 Å². The van der Waals surface area contributed by atoms with Gasteiger partial charge in [-0.15, -0.1) is 0 Å². The van der Waals surface area contributed by atoms with Crippen LogP contribution in [0.3, 0.4) is 0 Å². The highest BCUT2D eigenvalue weighted by molar-refractivity contribution is 5.75. The maximum Gasteiger partial charge on any atom is 0.219 e. The predicted octanol–water partition coefficient (Wildman–Crippen LogP) is 2.14. The highest BCUT2D eigenvalue weighted by Gasteiger charge is 2.13. The van der Waals surface area contributed by atoms with Gasteiger partial charge in [0.2, 0.25) is 5.91 Å². The lowest BCUT2D eigenvalue weighted by atomic mass is 9.98. The lowest BCUT2D eigenvalue weighted by Crippen LogP contribution is -2.26. The van der Waals surface area contributed by atoms with Crippen molar-refractivity contribution in [2.45, 2.75) is 32.6 Å². The minimum absolute atomic E-state index is 0.132. The van der Waals surface area contributed by atoms with Gasteiger partial charge in [0.25, 0.3) is 0 Å². The quantitative estimate of drug-likeness (QED) is 0.882. The monoisotopic (exact) mass is 246 g/mol. The van der Waals surface area contributed by atoms with E-state index in [1.54, 1.807) is 0 Å². The third-order valence-electron chi connectivity index (χ3n) is 3.55. The van der Waals surface area contributed by atoms with E-state index in [1.807, 2.05) is 6.92 Å². The number of carbonyl (C=O) groups is 1. The fourth-order valence-corrected chi connectivity index (χ4v) is 2.47. The van der Waals surface area contributed by atoms with Gasteiger partial charge in [-0.05, 0) is 36.5 Å². The number of fused-ring (bicyclic) bond motifs is 1. The first-order valence-corrected chi connectivity index (χ1v) is 6.80. The second-order valence-corrected chi connectivity index (χ2v) is 4.94. The van der Waals surface area contributed by atoms with E-state index in [0.29, 0.717) is 6.42 Å². The molecule has 1 aliphatic heterocycles. The second kappa shape index (κ2) is 5.89. The molecular weight excluding hydrogens is 224 g/mol. The van der Waals surface area contributed by atoms with Crippen LogP contribution < -0.4 is 10.2 Å². The molecule has 2 rings (SSSR count). The van der Waals surface area contributed by atoms with Crippen molar-refractivity contribution in [1.29, 1.82) is 0 Å². The fraction of sp³-hybridized carbons (Fsp3) is 0.533. The van der Waals surface area contributed by atoms with E-state index in [-0.39, 0.29) is 5.91 Å². The Bertz CT molecular complexity index is 429. The average Bonchev–Trinajstić information content (AvgIpc) is 2.38. The Labute approximate surface area is 109 Å². The van der Waals surface area contributed by atoms with Gasteiger partial charge in [0.1, 0.15) is 0 Å². The first-order valence-electron chi connectivity index (χ1n) is 6.80. The molecule has 1 aromatic carbocycles. The SMILES string of the molecule is CCC(=O)NCCc1ccc2c(c1)CCCN2C. The number of benzene rings is 1. The zero-order chi connectivity index (χ0) is 13.0. The van der Waals surface area contributed by atoms with Crippen molar-refractivity contribution in [3.63, 3.8) is 0 Å². The largest absolute Gasteiger partial charge is 0.374 e. The standard InChI is InChI=1S/C15H22N2O/c1-3-15(18)16-9-8-12-6-7-14-13(11-12)5-4-10-17(14)2/h6-7,11H,3-5,8-10H2,1-2H3,(H,16,18). The summed E-state index contributed by atoms with van der Waals surface area (Å²) in [6.07, 6.45) is 3.89. The van der Waals surface area contributed by atoms with Gasteiger partial charge in [0.05, 0.1) is 0 Å². The van der Waals surface area contributed by atoms with Crippen LogP contribution in [0.4, 0.5) is 5.69 Å².